The minimum absolute atomic E-state index is 0.539. The molecular formula is C11H20ClN3. The fourth-order valence-electron chi connectivity index (χ4n) is 1.25. The van der Waals surface area contributed by atoms with Crippen molar-refractivity contribution in [3.63, 3.8) is 0 Å². The van der Waals surface area contributed by atoms with Gasteiger partial charge in [0.05, 0.1) is 17.3 Å². The number of halogens is 1. The molecule has 4 heteroatoms. The van der Waals surface area contributed by atoms with E-state index in [2.05, 4.69) is 31.2 Å². The van der Waals surface area contributed by atoms with Gasteiger partial charge in [-0.1, -0.05) is 25.4 Å². The summed E-state index contributed by atoms with van der Waals surface area (Å²) in [6.07, 6.45) is 1.87. The average molecular weight is 230 g/mol. The molecule has 1 aromatic heterocycles. The normalized spacial score (nSPS) is 13.5. The highest BCUT2D eigenvalue weighted by Gasteiger charge is 2.06. The van der Waals surface area contributed by atoms with E-state index in [-0.39, 0.29) is 0 Å². The number of nitrogens with zero attached hydrogens (tertiary/aromatic N) is 2. The van der Waals surface area contributed by atoms with Gasteiger partial charge in [0, 0.05) is 18.8 Å². The van der Waals surface area contributed by atoms with E-state index in [0.717, 1.165) is 23.8 Å². The predicted molar refractivity (Wildman–Crippen MR) is 64.3 cm³/mol. The van der Waals surface area contributed by atoms with Gasteiger partial charge >= 0.3 is 0 Å². The number of aromatic nitrogens is 2. The molecule has 3 nitrogen and oxygen atoms in total. The molecule has 0 aliphatic rings. The number of nitrogens with one attached hydrogen (secondary N) is 1. The third-order valence-electron chi connectivity index (χ3n) is 2.69. The topological polar surface area (TPSA) is 29.9 Å². The summed E-state index contributed by atoms with van der Waals surface area (Å²) in [6, 6.07) is 0.539. The summed E-state index contributed by atoms with van der Waals surface area (Å²) in [6.45, 7) is 10.3. The fourth-order valence-corrected chi connectivity index (χ4v) is 1.40. The molecule has 0 aliphatic heterocycles. The molecule has 0 saturated heterocycles. The van der Waals surface area contributed by atoms with Crippen LogP contribution in [0.25, 0.3) is 0 Å². The molecule has 0 amide bonds. The minimum Gasteiger partial charge on any atom is -0.312 e. The van der Waals surface area contributed by atoms with Gasteiger partial charge in [-0.25, -0.2) is 0 Å². The van der Waals surface area contributed by atoms with Crippen LogP contribution in [0.5, 0.6) is 0 Å². The molecular weight excluding hydrogens is 210 g/mol. The van der Waals surface area contributed by atoms with Crippen LogP contribution in [-0.2, 0) is 6.54 Å². The van der Waals surface area contributed by atoms with Crippen molar-refractivity contribution in [2.75, 3.05) is 6.54 Å². The van der Waals surface area contributed by atoms with E-state index in [9.17, 15) is 0 Å². The zero-order valence-corrected chi connectivity index (χ0v) is 10.7. The van der Waals surface area contributed by atoms with Gasteiger partial charge in [0.2, 0.25) is 0 Å². The van der Waals surface area contributed by atoms with E-state index in [1.807, 2.05) is 17.8 Å². The van der Waals surface area contributed by atoms with Gasteiger partial charge in [-0.15, -0.1) is 0 Å². The summed E-state index contributed by atoms with van der Waals surface area (Å²) in [5, 5.41) is 8.49. The van der Waals surface area contributed by atoms with Crippen molar-refractivity contribution in [1.82, 2.24) is 15.1 Å². The Hall–Kier alpha value is -0.540. The number of rotatable bonds is 5. The van der Waals surface area contributed by atoms with Crippen LogP contribution < -0.4 is 5.32 Å². The van der Waals surface area contributed by atoms with Crippen LogP contribution in [0.2, 0.25) is 5.02 Å². The van der Waals surface area contributed by atoms with Gasteiger partial charge in [0.25, 0.3) is 0 Å². The summed E-state index contributed by atoms with van der Waals surface area (Å²) in [5.41, 5.74) is 0.897. The second-order valence-electron chi connectivity index (χ2n) is 4.31. The van der Waals surface area contributed by atoms with Crippen molar-refractivity contribution in [3.8, 4) is 0 Å². The zero-order valence-electron chi connectivity index (χ0n) is 9.92. The molecule has 0 aliphatic carbocycles. The Morgan fingerprint density at radius 1 is 1.47 bits per heavy atom. The minimum atomic E-state index is 0.539. The summed E-state index contributed by atoms with van der Waals surface area (Å²) >= 11 is 5.92. The number of aryl methyl sites for hydroxylation is 1. The standard InChI is InChI=1S/C11H20ClN3/c1-8(2)9(3)13-5-6-15-7-11(12)10(4)14-15/h7-9,13H,5-6H2,1-4H3. The average Bonchev–Trinajstić information content (AvgIpc) is 2.46. The molecule has 1 unspecified atom stereocenters. The largest absolute Gasteiger partial charge is 0.312 e. The first-order chi connectivity index (χ1) is 7.00. The second kappa shape index (κ2) is 5.52. The Bertz CT molecular complexity index is 287. The molecule has 0 aromatic carbocycles. The molecule has 0 bridgehead atoms. The molecule has 0 saturated carbocycles. The van der Waals surface area contributed by atoms with Gasteiger partial charge in [-0.05, 0) is 19.8 Å². The highest BCUT2D eigenvalue weighted by atomic mass is 35.5. The maximum absolute atomic E-state index is 5.92. The monoisotopic (exact) mass is 229 g/mol. The van der Waals surface area contributed by atoms with Gasteiger partial charge in [-0.2, -0.15) is 5.10 Å². The Morgan fingerprint density at radius 3 is 2.60 bits per heavy atom. The molecule has 86 valence electrons. The summed E-state index contributed by atoms with van der Waals surface area (Å²) in [4.78, 5) is 0. The molecule has 15 heavy (non-hydrogen) atoms. The van der Waals surface area contributed by atoms with E-state index in [1.54, 1.807) is 0 Å². The first-order valence-electron chi connectivity index (χ1n) is 5.43. The fraction of sp³-hybridized carbons (Fsp3) is 0.727. The first kappa shape index (κ1) is 12.5. The summed E-state index contributed by atoms with van der Waals surface area (Å²) < 4.78 is 1.89. The molecule has 1 N–H and O–H groups in total. The molecule has 0 radical (unpaired) electrons. The third-order valence-corrected chi connectivity index (χ3v) is 3.06. The SMILES string of the molecule is Cc1nn(CCNC(C)C(C)C)cc1Cl. The van der Waals surface area contributed by atoms with Crippen molar-refractivity contribution in [1.29, 1.82) is 0 Å². The van der Waals surface area contributed by atoms with Gasteiger partial charge < -0.3 is 5.32 Å². The maximum atomic E-state index is 5.92. The third kappa shape index (κ3) is 3.84. The van der Waals surface area contributed by atoms with Crippen molar-refractivity contribution >= 4 is 11.6 Å². The quantitative estimate of drug-likeness (QED) is 0.841. The lowest BCUT2D eigenvalue weighted by atomic mass is 10.1. The molecule has 1 heterocycles. The maximum Gasteiger partial charge on any atom is 0.0814 e. The van der Waals surface area contributed by atoms with Crippen molar-refractivity contribution in [3.05, 3.63) is 16.9 Å². The van der Waals surface area contributed by atoms with Crippen molar-refractivity contribution in [2.24, 2.45) is 5.92 Å². The van der Waals surface area contributed by atoms with E-state index >= 15 is 0 Å². The van der Waals surface area contributed by atoms with Gasteiger partial charge in [-0.3, -0.25) is 4.68 Å². The molecule has 1 atom stereocenters. The smallest absolute Gasteiger partial charge is 0.0814 e. The molecule has 0 spiro atoms. The lowest BCUT2D eigenvalue weighted by Gasteiger charge is -2.17. The van der Waals surface area contributed by atoms with Crippen LogP contribution in [-0.4, -0.2) is 22.4 Å². The lowest BCUT2D eigenvalue weighted by molar-refractivity contribution is 0.410. The first-order valence-corrected chi connectivity index (χ1v) is 5.81. The molecule has 0 fully saturated rings. The van der Waals surface area contributed by atoms with Gasteiger partial charge in [0.1, 0.15) is 0 Å². The highest BCUT2D eigenvalue weighted by molar-refractivity contribution is 6.31. The Balaban J connectivity index is 2.32. The van der Waals surface area contributed by atoms with Crippen LogP contribution in [0.1, 0.15) is 26.5 Å². The van der Waals surface area contributed by atoms with Crippen LogP contribution >= 0.6 is 11.6 Å². The number of hydrogen-bond acceptors (Lipinski definition) is 2. The van der Waals surface area contributed by atoms with E-state index < -0.39 is 0 Å². The molecule has 1 rings (SSSR count). The van der Waals surface area contributed by atoms with Crippen LogP contribution in [0, 0.1) is 12.8 Å². The van der Waals surface area contributed by atoms with E-state index in [1.165, 1.54) is 0 Å². The summed E-state index contributed by atoms with van der Waals surface area (Å²) in [5.74, 6) is 0.660. The van der Waals surface area contributed by atoms with Crippen molar-refractivity contribution < 1.29 is 0 Å². The molecule has 1 aromatic rings. The van der Waals surface area contributed by atoms with Crippen LogP contribution in [0.15, 0.2) is 6.20 Å². The lowest BCUT2D eigenvalue weighted by Crippen LogP contribution is -2.33. The van der Waals surface area contributed by atoms with E-state index in [0.29, 0.717) is 12.0 Å². The Morgan fingerprint density at radius 2 is 2.13 bits per heavy atom. The second-order valence-corrected chi connectivity index (χ2v) is 4.72. The Kier molecular flexibility index (Phi) is 4.61. The van der Waals surface area contributed by atoms with Gasteiger partial charge in [0.15, 0.2) is 0 Å². The summed E-state index contributed by atoms with van der Waals surface area (Å²) in [7, 11) is 0. The van der Waals surface area contributed by atoms with Crippen LogP contribution in [0.3, 0.4) is 0 Å². The Labute approximate surface area is 96.8 Å². The predicted octanol–water partition coefficient (Wildman–Crippen LogP) is 2.48. The number of hydrogen-bond donors (Lipinski definition) is 1. The highest BCUT2D eigenvalue weighted by Crippen LogP contribution is 2.11. The van der Waals surface area contributed by atoms with Crippen LogP contribution in [0.4, 0.5) is 0 Å². The van der Waals surface area contributed by atoms with Crippen molar-refractivity contribution in [2.45, 2.75) is 40.3 Å². The zero-order chi connectivity index (χ0) is 11.4. The van der Waals surface area contributed by atoms with E-state index in [4.69, 9.17) is 11.6 Å².